The van der Waals surface area contributed by atoms with Crippen molar-refractivity contribution in [3.63, 3.8) is 0 Å². The minimum absolute atomic E-state index is 0.155. The number of nitrogens with zero attached hydrogens (tertiary/aromatic N) is 3. The number of benzene rings is 3. The first kappa shape index (κ1) is 23.5. The van der Waals surface area contributed by atoms with Crippen molar-refractivity contribution in [3.05, 3.63) is 113 Å². The van der Waals surface area contributed by atoms with Gasteiger partial charge in [0.05, 0.1) is 12.2 Å². The molecule has 0 atom stereocenters. The molecule has 1 aliphatic heterocycles. The van der Waals surface area contributed by atoms with Crippen LogP contribution < -0.4 is 0 Å². The largest absolute Gasteiger partial charge is 0.441 e. The molecule has 1 aromatic heterocycles. The summed E-state index contributed by atoms with van der Waals surface area (Å²) >= 11 is 3.48. The minimum Gasteiger partial charge on any atom is -0.441 e. The van der Waals surface area contributed by atoms with Crippen LogP contribution in [-0.2, 0) is 11.2 Å². The lowest BCUT2D eigenvalue weighted by atomic mass is 9.96. The first-order chi connectivity index (χ1) is 17.2. The lowest BCUT2D eigenvalue weighted by molar-refractivity contribution is -0.133. The normalized spacial score (nSPS) is 14.4. The van der Waals surface area contributed by atoms with Crippen molar-refractivity contribution < 1.29 is 9.21 Å². The van der Waals surface area contributed by atoms with Crippen LogP contribution in [0.15, 0.2) is 100 Å². The monoisotopic (exact) mass is 529 g/mol. The second-order valence-electron chi connectivity index (χ2n) is 8.77. The van der Waals surface area contributed by atoms with E-state index in [2.05, 4.69) is 86.5 Å². The van der Waals surface area contributed by atoms with Gasteiger partial charge in [0.2, 0.25) is 5.91 Å². The first-order valence-corrected chi connectivity index (χ1v) is 12.8. The van der Waals surface area contributed by atoms with E-state index in [1.165, 1.54) is 11.1 Å². The topological polar surface area (TPSA) is 49.6 Å². The quantitative estimate of drug-likeness (QED) is 0.296. The number of hydrogen-bond acceptors (Lipinski definition) is 4. The highest BCUT2D eigenvalue weighted by Crippen LogP contribution is 2.29. The van der Waals surface area contributed by atoms with E-state index in [0.717, 1.165) is 42.0 Å². The van der Waals surface area contributed by atoms with Gasteiger partial charge in [-0.05, 0) is 23.3 Å². The van der Waals surface area contributed by atoms with E-state index >= 15 is 0 Å². The Morgan fingerprint density at radius 3 is 2.17 bits per heavy atom. The fraction of sp³-hybridized carbons (Fsp3) is 0.241. The molecule has 35 heavy (non-hydrogen) atoms. The molecule has 5 nitrogen and oxygen atoms in total. The molecule has 2 heterocycles. The minimum atomic E-state index is 0.155. The van der Waals surface area contributed by atoms with E-state index in [1.807, 2.05) is 29.2 Å². The van der Waals surface area contributed by atoms with Gasteiger partial charge in [0.1, 0.15) is 0 Å². The third kappa shape index (κ3) is 5.72. The SMILES string of the molecule is O=C(CCc1ncc(-c2cccc(Br)c2)o1)N1CCN(C(c2ccccc2)c2ccccc2)CC1. The zero-order valence-electron chi connectivity index (χ0n) is 19.5. The summed E-state index contributed by atoms with van der Waals surface area (Å²) in [7, 11) is 0. The Bertz CT molecular complexity index is 1210. The second kappa shape index (κ2) is 11.0. The van der Waals surface area contributed by atoms with E-state index in [4.69, 9.17) is 4.42 Å². The van der Waals surface area contributed by atoms with Gasteiger partial charge in [-0.3, -0.25) is 9.69 Å². The number of aromatic nitrogens is 1. The van der Waals surface area contributed by atoms with Crippen molar-refractivity contribution in [1.29, 1.82) is 0 Å². The predicted octanol–water partition coefficient (Wildman–Crippen LogP) is 5.97. The van der Waals surface area contributed by atoms with Crippen LogP contribution in [0.5, 0.6) is 0 Å². The van der Waals surface area contributed by atoms with E-state index in [0.29, 0.717) is 18.7 Å². The molecule has 0 aliphatic carbocycles. The van der Waals surface area contributed by atoms with Crippen LogP contribution in [0, 0.1) is 0 Å². The van der Waals surface area contributed by atoms with Crippen LogP contribution >= 0.6 is 15.9 Å². The average Bonchev–Trinajstić information content (AvgIpc) is 3.38. The predicted molar refractivity (Wildman–Crippen MR) is 141 cm³/mol. The molecule has 3 aromatic carbocycles. The molecular formula is C29H28BrN3O2. The van der Waals surface area contributed by atoms with Crippen molar-refractivity contribution in [2.45, 2.75) is 18.9 Å². The molecule has 0 saturated carbocycles. The number of rotatable bonds is 7. The Morgan fingerprint density at radius 1 is 0.886 bits per heavy atom. The van der Waals surface area contributed by atoms with Gasteiger partial charge in [-0.15, -0.1) is 0 Å². The molecule has 5 rings (SSSR count). The summed E-state index contributed by atoms with van der Waals surface area (Å²) in [5, 5.41) is 0. The van der Waals surface area contributed by atoms with Crippen LogP contribution in [0.2, 0.25) is 0 Å². The third-order valence-corrected chi connectivity index (χ3v) is 6.97. The summed E-state index contributed by atoms with van der Waals surface area (Å²) in [5.74, 6) is 1.47. The fourth-order valence-corrected chi connectivity index (χ4v) is 5.09. The Balaban J connectivity index is 1.18. The molecule has 6 heteroatoms. The van der Waals surface area contributed by atoms with E-state index < -0.39 is 0 Å². The highest BCUT2D eigenvalue weighted by molar-refractivity contribution is 9.10. The van der Waals surface area contributed by atoms with Gasteiger partial charge in [-0.1, -0.05) is 88.7 Å². The van der Waals surface area contributed by atoms with Crippen LogP contribution in [-0.4, -0.2) is 46.9 Å². The molecule has 4 aromatic rings. The zero-order chi connectivity index (χ0) is 24.0. The standard InChI is InChI=1S/C29H28BrN3O2/c30-25-13-7-12-24(20-25)26-21-31-27(35-26)14-15-28(34)32-16-18-33(19-17-32)29(22-8-3-1-4-9-22)23-10-5-2-6-11-23/h1-13,20-21,29H,14-19H2. The molecule has 1 fully saturated rings. The molecule has 0 bridgehead atoms. The van der Waals surface area contributed by atoms with Crippen molar-refractivity contribution >= 4 is 21.8 Å². The summed E-state index contributed by atoms with van der Waals surface area (Å²) in [6.07, 6.45) is 2.64. The smallest absolute Gasteiger partial charge is 0.223 e. The lowest BCUT2D eigenvalue weighted by Gasteiger charge is -2.39. The number of halogens is 1. The van der Waals surface area contributed by atoms with Gasteiger partial charge >= 0.3 is 0 Å². The number of oxazole rings is 1. The average molecular weight is 530 g/mol. The first-order valence-electron chi connectivity index (χ1n) is 12.0. The summed E-state index contributed by atoms with van der Waals surface area (Å²) in [6, 6.07) is 29.3. The Labute approximate surface area is 214 Å². The van der Waals surface area contributed by atoms with Gasteiger partial charge in [0.25, 0.3) is 0 Å². The fourth-order valence-electron chi connectivity index (χ4n) is 4.69. The third-order valence-electron chi connectivity index (χ3n) is 6.48. The van der Waals surface area contributed by atoms with Gasteiger partial charge in [0.15, 0.2) is 11.7 Å². The van der Waals surface area contributed by atoms with Gasteiger partial charge < -0.3 is 9.32 Å². The maximum Gasteiger partial charge on any atom is 0.223 e. The summed E-state index contributed by atoms with van der Waals surface area (Å²) in [6.45, 7) is 3.13. The molecule has 1 amide bonds. The highest BCUT2D eigenvalue weighted by Gasteiger charge is 2.28. The zero-order valence-corrected chi connectivity index (χ0v) is 21.1. The molecule has 1 aliphatic rings. The Morgan fingerprint density at radius 2 is 1.54 bits per heavy atom. The molecule has 0 radical (unpaired) electrons. The van der Waals surface area contributed by atoms with Crippen molar-refractivity contribution in [1.82, 2.24) is 14.8 Å². The van der Waals surface area contributed by atoms with Gasteiger partial charge in [0, 0.05) is 49.1 Å². The second-order valence-corrected chi connectivity index (χ2v) is 9.68. The van der Waals surface area contributed by atoms with Crippen LogP contribution in [0.4, 0.5) is 0 Å². The summed E-state index contributed by atoms with van der Waals surface area (Å²) in [4.78, 5) is 21.8. The number of piperazine rings is 1. The number of aryl methyl sites for hydroxylation is 1. The van der Waals surface area contributed by atoms with Crippen LogP contribution in [0.25, 0.3) is 11.3 Å². The maximum atomic E-state index is 12.9. The Kier molecular flexibility index (Phi) is 7.40. The molecule has 178 valence electrons. The van der Waals surface area contributed by atoms with Gasteiger partial charge in [-0.25, -0.2) is 4.98 Å². The Hall–Kier alpha value is -3.22. The van der Waals surface area contributed by atoms with E-state index in [-0.39, 0.29) is 11.9 Å². The summed E-state index contributed by atoms with van der Waals surface area (Å²) in [5.41, 5.74) is 3.53. The number of carbonyl (C=O) groups is 1. The van der Waals surface area contributed by atoms with E-state index in [9.17, 15) is 4.79 Å². The van der Waals surface area contributed by atoms with E-state index in [1.54, 1.807) is 6.20 Å². The van der Waals surface area contributed by atoms with Crippen molar-refractivity contribution in [3.8, 4) is 11.3 Å². The highest BCUT2D eigenvalue weighted by atomic mass is 79.9. The lowest BCUT2D eigenvalue weighted by Crippen LogP contribution is -2.49. The molecule has 1 saturated heterocycles. The van der Waals surface area contributed by atoms with Crippen molar-refractivity contribution in [2.24, 2.45) is 0 Å². The molecular weight excluding hydrogens is 502 g/mol. The van der Waals surface area contributed by atoms with Crippen LogP contribution in [0.1, 0.15) is 29.5 Å². The molecule has 0 N–H and O–H groups in total. The van der Waals surface area contributed by atoms with Gasteiger partial charge in [-0.2, -0.15) is 0 Å². The summed E-state index contributed by atoms with van der Waals surface area (Å²) < 4.78 is 6.89. The number of amides is 1. The number of carbonyl (C=O) groups excluding carboxylic acids is 1. The number of hydrogen-bond donors (Lipinski definition) is 0. The molecule has 0 unspecified atom stereocenters. The maximum absolute atomic E-state index is 12.9. The van der Waals surface area contributed by atoms with Crippen LogP contribution in [0.3, 0.4) is 0 Å². The molecule has 0 spiro atoms. The van der Waals surface area contributed by atoms with Crippen molar-refractivity contribution in [2.75, 3.05) is 26.2 Å².